The summed E-state index contributed by atoms with van der Waals surface area (Å²) >= 11 is 0. The lowest BCUT2D eigenvalue weighted by atomic mass is 9.61. The highest BCUT2D eigenvalue weighted by atomic mass is 16.5. The third-order valence-electron chi connectivity index (χ3n) is 13.0. The second kappa shape index (κ2) is 18.0. The number of ether oxygens (including phenoxy) is 2. The number of hydrogen-bond donors (Lipinski definition) is 5. The van der Waals surface area contributed by atoms with Crippen LogP contribution in [0.5, 0.6) is 0 Å². The van der Waals surface area contributed by atoms with Crippen LogP contribution in [0.2, 0.25) is 0 Å². The minimum Gasteiger partial charge on any atom is -0.465 e. The molecule has 2 aromatic heterocycles. The van der Waals surface area contributed by atoms with Crippen molar-refractivity contribution in [2.24, 2.45) is 22.7 Å². The summed E-state index contributed by atoms with van der Waals surface area (Å²) in [5.41, 5.74) is 4.36. The monoisotopic (exact) mass is 879 g/mol. The van der Waals surface area contributed by atoms with E-state index in [1.807, 2.05) is 109 Å². The lowest BCUT2D eigenvalue weighted by Crippen LogP contribution is -2.71. The van der Waals surface area contributed by atoms with Crippen LogP contribution >= 0.6 is 0 Å². The van der Waals surface area contributed by atoms with E-state index in [4.69, 9.17) is 19.4 Å². The van der Waals surface area contributed by atoms with Crippen LogP contribution in [0.15, 0.2) is 60.9 Å². The fourth-order valence-electron chi connectivity index (χ4n) is 10.1. The molecule has 5 N–H and O–H groups in total. The van der Waals surface area contributed by atoms with E-state index in [0.29, 0.717) is 43.4 Å². The highest BCUT2D eigenvalue weighted by Gasteiger charge is 2.64. The predicted octanol–water partition coefficient (Wildman–Crippen LogP) is 7.23. The molecule has 5 amide bonds. The van der Waals surface area contributed by atoms with Crippen molar-refractivity contribution in [1.29, 1.82) is 0 Å². The summed E-state index contributed by atoms with van der Waals surface area (Å²) in [4.78, 5) is 86.2. The number of amides is 5. The second-order valence-electron chi connectivity index (χ2n) is 19.1. The summed E-state index contributed by atoms with van der Waals surface area (Å²) in [7, 11) is 2.54. The Hall–Kier alpha value is -6.39. The molecule has 1 spiro atoms. The van der Waals surface area contributed by atoms with E-state index in [-0.39, 0.29) is 35.7 Å². The molecule has 0 bridgehead atoms. The molecule has 4 aromatic rings. The Kier molecular flexibility index (Phi) is 12.8. The molecule has 0 saturated carbocycles. The number of H-pyrrole nitrogens is 2. The van der Waals surface area contributed by atoms with Crippen LogP contribution < -0.4 is 10.6 Å². The van der Waals surface area contributed by atoms with Crippen molar-refractivity contribution in [3.05, 3.63) is 72.6 Å². The van der Waals surface area contributed by atoms with Gasteiger partial charge in [-0.15, -0.1) is 0 Å². The van der Waals surface area contributed by atoms with Gasteiger partial charge in [0.2, 0.25) is 11.8 Å². The number of nitrogens with zero attached hydrogens (tertiary/aromatic N) is 5. The fourth-order valence-corrected chi connectivity index (χ4v) is 10.1. The van der Waals surface area contributed by atoms with Gasteiger partial charge in [-0.1, -0.05) is 97.0 Å². The number of hydrogen-bond acceptors (Lipinski definition) is 9. The van der Waals surface area contributed by atoms with E-state index in [9.17, 15) is 29.1 Å². The number of carbonyl (C=O) groups is 5. The first kappa shape index (κ1) is 45.6. The van der Waals surface area contributed by atoms with E-state index >= 15 is 0 Å². The maximum absolute atomic E-state index is 14.4. The number of alkyl carbamates (subject to hydrolysis) is 2. The van der Waals surface area contributed by atoms with Crippen molar-refractivity contribution >= 4 is 30.1 Å². The molecule has 6 atom stereocenters. The first-order valence-corrected chi connectivity index (χ1v) is 22.0. The molecular formula is C47H61N9O8. The molecule has 342 valence electrons. The highest BCUT2D eigenvalue weighted by molar-refractivity contribution is 5.87. The van der Waals surface area contributed by atoms with E-state index in [1.165, 1.54) is 19.1 Å². The number of nitrogens with one attached hydrogen (secondary N) is 4. The van der Waals surface area contributed by atoms with E-state index < -0.39 is 47.2 Å². The third-order valence-corrected chi connectivity index (χ3v) is 13.0. The van der Waals surface area contributed by atoms with Crippen molar-refractivity contribution in [1.82, 2.24) is 45.3 Å². The Morgan fingerprint density at radius 3 is 1.58 bits per heavy atom. The molecule has 3 fully saturated rings. The number of aromatic nitrogens is 4. The van der Waals surface area contributed by atoms with Crippen LogP contribution in [0.3, 0.4) is 0 Å². The number of aromatic amines is 2. The number of benzene rings is 2. The number of carbonyl (C=O) groups excluding carboxylic acids is 4. The molecule has 0 aliphatic carbocycles. The SMILES string of the molecule is COC(=O)N[C@H](C(=O)N1CC2(CC1c1nc(-c3ccc(-c4ccc(-c5c[nH]c([C@@H]6CCCN6C(=O)[C@@H](NC(=O)OC)C(C)C)n5)cc4)cc3)c[nH]1)CN(C(=O)O)C2C(C)(C)C)C(C)C. The maximum atomic E-state index is 14.4. The van der Waals surface area contributed by atoms with Gasteiger partial charge in [-0.25, -0.2) is 24.4 Å². The molecule has 2 aromatic carbocycles. The zero-order valence-electron chi connectivity index (χ0n) is 38.1. The molecule has 64 heavy (non-hydrogen) atoms. The molecule has 17 heteroatoms. The van der Waals surface area contributed by atoms with Gasteiger partial charge in [0, 0.05) is 54.6 Å². The van der Waals surface area contributed by atoms with Gasteiger partial charge >= 0.3 is 18.3 Å². The molecular weight excluding hydrogens is 819 g/mol. The standard InChI is InChI=1S/C47H61N9O8/c1-26(2)36(52-43(59)63-8)40(57)54-20-10-11-34(54)38-48-22-32(50-38)30-16-12-28(13-17-30)29-14-18-31(19-15-29)33-23-49-39(51-33)35-21-47(25-56(45(61)62)42(47)46(5,6)7)24-55(35)41(58)37(27(3)4)53-44(60)64-9/h12-19,22-23,26-27,34-37,42H,10-11,20-21,24-25H2,1-9H3,(H,48,50)(H,49,51)(H,52,59)(H,53,60)(H,61,62)/t34-,35?,36-,37-,42?,47?/m0/s1. The van der Waals surface area contributed by atoms with Gasteiger partial charge in [0.05, 0.1) is 37.7 Å². The van der Waals surface area contributed by atoms with Gasteiger partial charge < -0.3 is 49.9 Å². The average Bonchev–Trinajstić information content (AvgIpc) is 4.09. The first-order valence-electron chi connectivity index (χ1n) is 22.0. The van der Waals surface area contributed by atoms with Gasteiger partial charge in [0.15, 0.2) is 0 Å². The van der Waals surface area contributed by atoms with Crippen LogP contribution in [-0.2, 0) is 19.1 Å². The zero-order valence-corrected chi connectivity index (χ0v) is 38.1. The average molecular weight is 880 g/mol. The van der Waals surface area contributed by atoms with Gasteiger partial charge in [-0.05, 0) is 47.6 Å². The van der Waals surface area contributed by atoms with Crippen LogP contribution in [0.4, 0.5) is 14.4 Å². The van der Waals surface area contributed by atoms with E-state index in [2.05, 4.69) is 20.6 Å². The molecule has 7 rings (SSSR count). The Bertz CT molecular complexity index is 2350. The molecule has 5 heterocycles. The van der Waals surface area contributed by atoms with Crippen molar-refractivity contribution < 1.29 is 38.6 Å². The van der Waals surface area contributed by atoms with Crippen molar-refractivity contribution in [3.8, 4) is 33.6 Å². The molecule has 3 aliphatic rings. The van der Waals surface area contributed by atoms with Crippen LogP contribution in [0, 0.1) is 22.7 Å². The lowest BCUT2D eigenvalue weighted by Gasteiger charge is -2.59. The molecule has 3 aliphatic heterocycles. The quantitative estimate of drug-likeness (QED) is 0.102. The molecule has 17 nitrogen and oxygen atoms in total. The number of likely N-dealkylation sites (tertiary alicyclic amines) is 3. The van der Waals surface area contributed by atoms with Gasteiger partial charge in [0.1, 0.15) is 23.7 Å². The van der Waals surface area contributed by atoms with Gasteiger partial charge in [0.25, 0.3) is 0 Å². The van der Waals surface area contributed by atoms with Crippen molar-refractivity contribution in [3.63, 3.8) is 0 Å². The maximum Gasteiger partial charge on any atom is 0.407 e. The van der Waals surface area contributed by atoms with Crippen LogP contribution in [0.25, 0.3) is 33.6 Å². The van der Waals surface area contributed by atoms with Crippen molar-refractivity contribution in [2.45, 2.75) is 97.9 Å². The van der Waals surface area contributed by atoms with Gasteiger partial charge in [-0.2, -0.15) is 0 Å². The largest absolute Gasteiger partial charge is 0.465 e. The highest BCUT2D eigenvalue weighted by Crippen LogP contribution is 2.57. The zero-order chi connectivity index (χ0) is 46.2. The van der Waals surface area contributed by atoms with E-state index in [1.54, 1.807) is 9.80 Å². The van der Waals surface area contributed by atoms with Gasteiger partial charge in [-0.3, -0.25) is 9.59 Å². The normalized spacial score (nSPS) is 21.8. The Morgan fingerprint density at radius 2 is 1.14 bits per heavy atom. The third kappa shape index (κ3) is 8.89. The van der Waals surface area contributed by atoms with Crippen molar-refractivity contribution in [2.75, 3.05) is 33.9 Å². The summed E-state index contributed by atoms with van der Waals surface area (Å²) in [5.74, 6) is 0.491. The number of carboxylic acid groups (broad SMARTS) is 1. The van der Waals surface area contributed by atoms with Crippen LogP contribution in [-0.4, -0.2) is 122 Å². The number of methoxy groups -OCH3 is 2. The summed E-state index contributed by atoms with van der Waals surface area (Å²) in [5, 5.41) is 15.5. The second-order valence-corrected chi connectivity index (χ2v) is 19.1. The Labute approximate surface area is 373 Å². The molecule has 3 unspecified atom stereocenters. The molecule has 3 saturated heterocycles. The summed E-state index contributed by atoms with van der Waals surface area (Å²) in [6.45, 7) is 14.8. The lowest BCUT2D eigenvalue weighted by molar-refractivity contribution is -0.138. The predicted molar refractivity (Wildman–Crippen MR) is 239 cm³/mol. The Morgan fingerprint density at radius 1 is 0.703 bits per heavy atom. The fraction of sp³-hybridized carbons (Fsp3) is 0.511. The summed E-state index contributed by atoms with van der Waals surface area (Å²) < 4.78 is 9.62. The Balaban J connectivity index is 1.07. The summed E-state index contributed by atoms with van der Waals surface area (Å²) in [6.07, 6.45) is 3.45. The first-order chi connectivity index (χ1) is 30.3. The smallest absolute Gasteiger partial charge is 0.407 e. The molecule has 0 radical (unpaired) electrons. The number of rotatable bonds is 11. The minimum atomic E-state index is -0.985. The van der Waals surface area contributed by atoms with Crippen LogP contribution in [0.1, 0.15) is 91.5 Å². The topological polar surface area (TPSA) is 215 Å². The summed E-state index contributed by atoms with van der Waals surface area (Å²) in [6, 6.07) is 13.6. The van der Waals surface area contributed by atoms with E-state index in [0.717, 1.165) is 40.8 Å². The number of imidazole rings is 2. The minimum absolute atomic E-state index is 0.124.